The summed E-state index contributed by atoms with van der Waals surface area (Å²) in [4.78, 5) is 12.2. The number of carbonyl (C=O) groups is 1. The van der Waals surface area contributed by atoms with E-state index in [9.17, 15) is 4.79 Å². The third kappa shape index (κ3) is 3.52. The first-order valence-electron chi connectivity index (χ1n) is 6.29. The quantitative estimate of drug-likeness (QED) is 0.698. The van der Waals surface area contributed by atoms with E-state index in [2.05, 4.69) is 14.9 Å². The highest BCUT2D eigenvalue weighted by Gasteiger charge is 2.13. The Hall–Kier alpha value is -2.52. The van der Waals surface area contributed by atoms with Gasteiger partial charge in [0.2, 0.25) is 0 Å². The van der Waals surface area contributed by atoms with Crippen molar-refractivity contribution >= 4 is 29.2 Å². The molecule has 0 saturated heterocycles. The lowest BCUT2D eigenvalue weighted by Crippen LogP contribution is -2.15. The second-order valence-corrected chi connectivity index (χ2v) is 5.34. The second-order valence-electron chi connectivity index (χ2n) is 4.73. The molecule has 2 rings (SSSR count). The van der Waals surface area contributed by atoms with Gasteiger partial charge in [0.25, 0.3) is 5.91 Å². The zero-order valence-electron chi connectivity index (χ0n) is 12.0. The van der Waals surface area contributed by atoms with Gasteiger partial charge in [-0.1, -0.05) is 22.2 Å². The molecule has 2 aromatic rings. The van der Waals surface area contributed by atoms with Crippen molar-refractivity contribution in [1.82, 2.24) is 9.59 Å². The molecule has 106 valence electrons. The van der Waals surface area contributed by atoms with E-state index in [0.29, 0.717) is 5.69 Å². The van der Waals surface area contributed by atoms with E-state index in [4.69, 9.17) is 5.26 Å². The summed E-state index contributed by atoms with van der Waals surface area (Å²) in [6, 6.07) is 5.87. The molecular formula is C15H14N4OS. The normalized spacial score (nSPS) is 11.0. The van der Waals surface area contributed by atoms with Gasteiger partial charge in [-0.3, -0.25) is 4.79 Å². The Kier molecular flexibility index (Phi) is 4.45. The van der Waals surface area contributed by atoms with Crippen LogP contribution in [0.2, 0.25) is 0 Å². The fourth-order valence-corrected chi connectivity index (χ4v) is 2.50. The number of aromatic nitrogens is 2. The van der Waals surface area contributed by atoms with Gasteiger partial charge >= 0.3 is 0 Å². The minimum absolute atomic E-state index is 0.00192. The molecule has 0 aliphatic heterocycles. The Balaban J connectivity index is 2.27. The molecule has 0 bridgehead atoms. The summed E-state index contributed by atoms with van der Waals surface area (Å²) in [6.45, 7) is 5.85. The van der Waals surface area contributed by atoms with Crippen LogP contribution < -0.4 is 5.32 Å². The van der Waals surface area contributed by atoms with Gasteiger partial charge in [0.15, 0.2) is 0 Å². The predicted octanol–water partition coefficient (Wildman–Crippen LogP) is 3.01. The van der Waals surface area contributed by atoms with Gasteiger partial charge < -0.3 is 5.32 Å². The Morgan fingerprint density at radius 2 is 2.00 bits per heavy atom. The van der Waals surface area contributed by atoms with Crippen LogP contribution in [0, 0.1) is 32.1 Å². The van der Waals surface area contributed by atoms with E-state index >= 15 is 0 Å². The number of rotatable bonds is 3. The fraction of sp³-hybridized carbons (Fsp3) is 0.200. The molecule has 0 unspecified atom stereocenters. The molecule has 1 aromatic carbocycles. The van der Waals surface area contributed by atoms with Crippen molar-refractivity contribution in [3.8, 4) is 6.07 Å². The first kappa shape index (κ1) is 14.9. The van der Waals surface area contributed by atoms with E-state index in [1.165, 1.54) is 17.6 Å². The molecule has 6 heteroatoms. The van der Waals surface area contributed by atoms with E-state index in [1.54, 1.807) is 5.38 Å². The number of carbonyl (C=O) groups excluding carboxylic acids is 1. The Morgan fingerprint density at radius 3 is 2.52 bits per heavy atom. The van der Waals surface area contributed by atoms with E-state index in [1.807, 2.05) is 39.0 Å². The number of nitrogens with one attached hydrogen (secondary N) is 1. The van der Waals surface area contributed by atoms with Crippen molar-refractivity contribution in [1.29, 1.82) is 5.26 Å². The highest BCUT2D eigenvalue weighted by Crippen LogP contribution is 2.22. The fourth-order valence-electron chi connectivity index (χ4n) is 2.09. The standard InChI is InChI=1S/C15H14N4OS/c1-9-4-10(2)14(11(3)5-9)17-15(20)12(7-16)6-13-8-21-19-18-13/h4-6,8H,1-3H3,(H,17,20)/b12-6+. The third-order valence-corrected chi connectivity index (χ3v) is 3.47. The van der Waals surface area contributed by atoms with Gasteiger partial charge in [-0.15, -0.1) is 5.10 Å². The van der Waals surface area contributed by atoms with Crippen molar-refractivity contribution in [3.63, 3.8) is 0 Å². The summed E-state index contributed by atoms with van der Waals surface area (Å²) in [5.74, 6) is -0.444. The van der Waals surface area contributed by atoms with Crippen LogP contribution >= 0.6 is 11.5 Å². The number of nitriles is 1. The van der Waals surface area contributed by atoms with Crippen LogP contribution in [0.25, 0.3) is 6.08 Å². The first-order chi connectivity index (χ1) is 10.0. The monoisotopic (exact) mass is 298 g/mol. The molecule has 0 radical (unpaired) electrons. The summed E-state index contributed by atoms with van der Waals surface area (Å²) in [5, 5.41) is 17.4. The zero-order chi connectivity index (χ0) is 15.4. The molecule has 0 fully saturated rings. The van der Waals surface area contributed by atoms with Crippen LogP contribution in [0.1, 0.15) is 22.4 Å². The van der Waals surface area contributed by atoms with Crippen LogP contribution in [0.3, 0.4) is 0 Å². The lowest BCUT2D eigenvalue weighted by Gasteiger charge is -2.12. The molecule has 0 atom stereocenters. The largest absolute Gasteiger partial charge is 0.321 e. The van der Waals surface area contributed by atoms with Crippen molar-refractivity contribution in [2.24, 2.45) is 0 Å². The molecule has 0 spiro atoms. The number of aryl methyl sites for hydroxylation is 3. The second kappa shape index (κ2) is 6.29. The maximum absolute atomic E-state index is 12.2. The average Bonchev–Trinajstić information content (AvgIpc) is 2.92. The van der Waals surface area contributed by atoms with Gasteiger partial charge in [0.05, 0.1) is 5.69 Å². The van der Waals surface area contributed by atoms with E-state index < -0.39 is 5.91 Å². The molecule has 1 aromatic heterocycles. The van der Waals surface area contributed by atoms with E-state index in [0.717, 1.165) is 22.4 Å². The smallest absolute Gasteiger partial charge is 0.266 e. The molecule has 1 N–H and O–H groups in total. The third-order valence-electron chi connectivity index (χ3n) is 2.95. The SMILES string of the molecule is Cc1cc(C)c(NC(=O)/C(C#N)=C/c2csnn2)c(C)c1. The number of nitrogens with zero attached hydrogens (tertiary/aromatic N) is 3. The van der Waals surface area contributed by atoms with Crippen LogP contribution in [-0.2, 0) is 4.79 Å². The summed E-state index contributed by atoms with van der Waals surface area (Å²) in [6.07, 6.45) is 1.43. The van der Waals surface area contributed by atoms with Crippen molar-refractivity contribution in [2.75, 3.05) is 5.32 Å². The van der Waals surface area contributed by atoms with Gasteiger partial charge in [-0.05, 0) is 49.5 Å². The molecule has 0 aliphatic carbocycles. The number of hydrogen-bond donors (Lipinski definition) is 1. The highest BCUT2D eigenvalue weighted by atomic mass is 32.1. The molecule has 0 aliphatic rings. The van der Waals surface area contributed by atoms with E-state index in [-0.39, 0.29) is 5.57 Å². The lowest BCUT2D eigenvalue weighted by atomic mass is 10.0. The average molecular weight is 298 g/mol. The topological polar surface area (TPSA) is 78.7 Å². The summed E-state index contributed by atoms with van der Waals surface area (Å²) < 4.78 is 3.70. The molecule has 1 heterocycles. The Bertz CT molecular complexity index is 719. The van der Waals surface area contributed by atoms with Gasteiger partial charge in [0, 0.05) is 11.1 Å². The van der Waals surface area contributed by atoms with Gasteiger partial charge in [-0.2, -0.15) is 5.26 Å². The van der Waals surface area contributed by atoms with Crippen molar-refractivity contribution in [3.05, 3.63) is 45.5 Å². The maximum atomic E-state index is 12.2. The predicted molar refractivity (Wildman–Crippen MR) is 82.8 cm³/mol. The van der Waals surface area contributed by atoms with Crippen LogP contribution in [0.15, 0.2) is 23.1 Å². The number of hydrogen-bond acceptors (Lipinski definition) is 5. The molecule has 1 amide bonds. The molecular weight excluding hydrogens is 284 g/mol. The highest BCUT2D eigenvalue weighted by molar-refractivity contribution is 7.03. The van der Waals surface area contributed by atoms with Crippen LogP contribution in [0.4, 0.5) is 5.69 Å². The molecule has 5 nitrogen and oxygen atoms in total. The first-order valence-corrected chi connectivity index (χ1v) is 7.13. The summed E-state index contributed by atoms with van der Waals surface area (Å²) >= 11 is 1.17. The van der Waals surface area contributed by atoms with Crippen LogP contribution in [-0.4, -0.2) is 15.5 Å². The van der Waals surface area contributed by atoms with Crippen molar-refractivity contribution in [2.45, 2.75) is 20.8 Å². The summed E-state index contributed by atoms with van der Waals surface area (Å²) in [7, 11) is 0. The number of benzene rings is 1. The lowest BCUT2D eigenvalue weighted by molar-refractivity contribution is -0.112. The minimum Gasteiger partial charge on any atom is -0.321 e. The molecule has 21 heavy (non-hydrogen) atoms. The van der Waals surface area contributed by atoms with Crippen LogP contribution in [0.5, 0.6) is 0 Å². The number of amides is 1. The zero-order valence-corrected chi connectivity index (χ0v) is 12.8. The maximum Gasteiger partial charge on any atom is 0.266 e. The summed E-state index contributed by atoms with van der Waals surface area (Å²) in [5.41, 5.74) is 4.31. The molecule has 0 saturated carbocycles. The number of anilines is 1. The Morgan fingerprint density at radius 1 is 1.33 bits per heavy atom. The van der Waals surface area contributed by atoms with Gasteiger partial charge in [0.1, 0.15) is 11.6 Å². The minimum atomic E-state index is -0.444. The van der Waals surface area contributed by atoms with Gasteiger partial charge in [-0.25, -0.2) is 0 Å². The van der Waals surface area contributed by atoms with Crippen molar-refractivity contribution < 1.29 is 4.79 Å². The Labute approximate surface area is 127 Å².